The lowest BCUT2D eigenvalue weighted by Gasteiger charge is -2.19. The molecule has 206 valence electrons. The molecule has 3 nitrogen and oxygen atoms in total. The molecule has 0 saturated heterocycles. The molecule has 0 amide bonds. The van der Waals surface area contributed by atoms with Crippen LogP contribution in [-0.4, -0.2) is 9.55 Å². The number of nitrogens with zero attached hydrogens (tertiary/aromatic N) is 2. The fraction of sp³-hybridized carbons (Fsp3) is 0.0750. The zero-order chi connectivity index (χ0) is 28.9. The summed E-state index contributed by atoms with van der Waals surface area (Å²) in [5.74, 6) is 1.18. The maximum Gasteiger partial charge on any atom is 0.149 e. The number of hydrogen-bond acceptors (Lipinski definition) is 2. The molecule has 8 rings (SSSR count). The molecule has 0 N–H and O–H groups in total. The molecule has 0 saturated carbocycles. The van der Waals surface area contributed by atoms with Crippen LogP contribution in [0.5, 0.6) is 0 Å². The van der Waals surface area contributed by atoms with Gasteiger partial charge in [-0.25, -0.2) is 4.98 Å². The summed E-state index contributed by atoms with van der Waals surface area (Å²) < 4.78 is 8.78. The van der Waals surface area contributed by atoms with Crippen LogP contribution in [0.1, 0.15) is 25.3 Å². The number of imidazole rings is 1. The quantitative estimate of drug-likeness (QED) is 0.212. The third kappa shape index (κ3) is 4.24. The van der Waals surface area contributed by atoms with Crippen molar-refractivity contribution in [3.05, 3.63) is 145 Å². The van der Waals surface area contributed by atoms with E-state index in [4.69, 9.17) is 9.40 Å². The molecule has 0 aliphatic carbocycles. The molecule has 8 aromatic rings. The van der Waals surface area contributed by atoms with Gasteiger partial charge in [-0.15, -0.1) is 0 Å². The van der Waals surface area contributed by atoms with Crippen molar-refractivity contribution < 1.29 is 4.42 Å². The summed E-state index contributed by atoms with van der Waals surface area (Å²) in [7, 11) is 0. The first-order chi connectivity index (χ1) is 21.2. The topological polar surface area (TPSA) is 31.0 Å². The first kappa shape index (κ1) is 25.3. The molecule has 0 fully saturated rings. The minimum absolute atomic E-state index is 0.301. The van der Waals surface area contributed by atoms with Gasteiger partial charge in [-0.1, -0.05) is 117 Å². The summed E-state index contributed by atoms with van der Waals surface area (Å²) >= 11 is 0. The fourth-order valence-corrected chi connectivity index (χ4v) is 6.26. The highest BCUT2D eigenvalue weighted by molar-refractivity contribution is 6.09. The summed E-state index contributed by atoms with van der Waals surface area (Å²) in [6, 6.07) is 49.2. The summed E-state index contributed by atoms with van der Waals surface area (Å²) in [6.07, 6.45) is 0. The van der Waals surface area contributed by atoms with Crippen molar-refractivity contribution in [2.75, 3.05) is 0 Å². The maximum absolute atomic E-state index is 6.47. The van der Waals surface area contributed by atoms with Crippen molar-refractivity contribution in [3.8, 4) is 39.3 Å². The number of benzene rings is 6. The Morgan fingerprint density at radius 2 is 1.23 bits per heavy atom. The van der Waals surface area contributed by atoms with Crippen LogP contribution in [-0.2, 0) is 0 Å². The number of para-hydroxylation sites is 4. The fourth-order valence-electron chi connectivity index (χ4n) is 6.26. The predicted molar refractivity (Wildman–Crippen MR) is 179 cm³/mol. The van der Waals surface area contributed by atoms with Crippen LogP contribution in [0.2, 0.25) is 0 Å². The third-order valence-corrected chi connectivity index (χ3v) is 8.42. The third-order valence-electron chi connectivity index (χ3n) is 8.42. The normalized spacial score (nSPS) is 11.7. The Bertz CT molecular complexity index is 2250. The average molecular weight is 555 g/mol. The van der Waals surface area contributed by atoms with Crippen molar-refractivity contribution in [3.63, 3.8) is 0 Å². The zero-order valence-corrected chi connectivity index (χ0v) is 24.2. The SMILES string of the molecule is CC(C)c1cc(-c2ccc(-c3ccccc3)cc2)ccc1-n1c(-c2cccc3c2oc2ccccc23)nc2ccccc21. The lowest BCUT2D eigenvalue weighted by Crippen LogP contribution is -2.04. The van der Waals surface area contributed by atoms with Gasteiger partial charge in [-0.05, 0) is 70.1 Å². The van der Waals surface area contributed by atoms with E-state index in [1.165, 1.54) is 27.8 Å². The van der Waals surface area contributed by atoms with E-state index in [1.54, 1.807) is 0 Å². The van der Waals surface area contributed by atoms with Gasteiger partial charge in [-0.2, -0.15) is 0 Å². The lowest BCUT2D eigenvalue weighted by molar-refractivity contribution is 0.669. The van der Waals surface area contributed by atoms with Crippen LogP contribution in [0, 0.1) is 0 Å². The molecule has 0 radical (unpaired) electrons. The van der Waals surface area contributed by atoms with Gasteiger partial charge in [-0.3, -0.25) is 4.57 Å². The Morgan fingerprint density at radius 1 is 0.581 bits per heavy atom. The van der Waals surface area contributed by atoms with Gasteiger partial charge in [0.2, 0.25) is 0 Å². The second-order valence-electron chi connectivity index (χ2n) is 11.4. The molecular formula is C40H30N2O. The minimum atomic E-state index is 0.301. The number of fused-ring (bicyclic) bond motifs is 4. The van der Waals surface area contributed by atoms with Crippen LogP contribution in [0.4, 0.5) is 0 Å². The van der Waals surface area contributed by atoms with Gasteiger partial charge >= 0.3 is 0 Å². The first-order valence-electron chi connectivity index (χ1n) is 14.8. The molecule has 3 heteroatoms. The summed E-state index contributed by atoms with van der Waals surface area (Å²) in [4.78, 5) is 5.20. The minimum Gasteiger partial charge on any atom is -0.455 e. The van der Waals surface area contributed by atoms with E-state index in [2.05, 4.69) is 146 Å². The highest BCUT2D eigenvalue weighted by atomic mass is 16.3. The van der Waals surface area contributed by atoms with E-state index in [1.807, 2.05) is 12.1 Å². The molecule has 43 heavy (non-hydrogen) atoms. The molecular weight excluding hydrogens is 524 g/mol. The van der Waals surface area contributed by atoms with E-state index in [0.717, 1.165) is 50.0 Å². The van der Waals surface area contributed by atoms with Crippen LogP contribution in [0.25, 0.3) is 72.3 Å². The maximum atomic E-state index is 6.47. The highest BCUT2D eigenvalue weighted by Gasteiger charge is 2.22. The van der Waals surface area contributed by atoms with Gasteiger partial charge in [0.15, 0.2) is 0 Å². The standard InChI is InChI=1S/C40H30N2O/c1-26(2)34-25-30(29-21-19-28(20-22-29)27-11-4-3-5-12-27)23-24-36(34)42-37-17-8-7-16-35(37)41-40(42)33-15-10-14-32-31-13-6-9-18-38(31)43-39(32)33/h3-26H,1-2H3. The number of rotatable bonds is 5. The Labute approximate surface area is 250 Å². The van der Waals surface area contributed by atoms with E-state index in [-0.39, 0.29) is 0 Å². The van der Waals surface area contributed by atoms with Crippen molar-refractivity contribution in [1.29, 1.82) is 0 Å². The van der Waals surface area contributed by atoms with Gasteiger partial charge < -0.3 is 4.42 Å². The van der Waals surface area contributed by atoms with Gasteiger partial charge in [0.1, 0.15) is 17.0 Å². The van der Waals surface area contributed by atoms with Crippen molar-refractivity contribution in [1.82, 2.24) is 9.55 Å². The van der Waals surface area contributed by atoms with Gasteiger partial charge in [0.05, 0.1) is 22.3 Å². The Balaban J connectivity index is 1.31. The van der Waals surface area contributed by atoms with Crippen molar-refractivity contribution in [2.24, 2.45) is 0 Å². The molecule has 6 aromatic carbocycles. The molecule has 0 aliphatic heterocycles. The summed E-state index contributed by atoms with van der Waals surface area (Å²) in [5, 5.41) is 2.22. The Morgan fingerprint density at radius 3 is 2.05 bits per heavy atom. The van der Waals surface area contributed by atoms with Crippen LogP contribution in [0.3, 0.4) is 0 Å². The molecule has 2 aromatic heterocycles. The van der Waals surface area contributed by atoms with Crippen LogP contribution < -0.4 is 0 Å². The second kappa shape index (κ2) is 10.1. The van der Waals surface area contributed by atoms with Crippen LogP contribution in [0.15, 0.2) is 144 Å². The summed E-state index contributed by atoms with van der Waals surface area (Å²) in [5.41, 5.74) is 12.0. The first-order valence-corrected chi connectivity index (χ1v) is 14.8. The summed E-state index contributed by atoms with van der Waals surface area (Å²) in [6.45, 7) is 4.53. The van der Waals surface area contributed by atoms with Gasteiger partial charge in [0.25, 0.3) is 0 Å². The highest BCUT2D eigenvalue weighted by Crippen LogP contribution is 2.39. The van der Waals surface area contributed by atoms with Crippen LogP contribution >= 0.6 is 0 Å². The van der Waals surface area contributed by atoms with Gasteiger partial charge in [0, 0.05) is 10.8 Å². The largest absolute Gasteiger partial charge is 0.455 e. The van der Waals surface area contributed by atoms with Crippen molar-refractivity contribution >= 4 is 33.0 Å². The van der Waals surface area contributed by atoms with Crippen molar-refractivity contribution in [2.45, 2.75) is 19.8 Å². The Kier molecular flexibility index (Phi) is 5.97. The lowest BCUT2D eigenvalue weighted by atomic mass is 9.94. The monoisotopic (exact) mass is 554 g/mol. The van der Waals surface area contributed by atoms with E-state index >= 15 is 0 Å². The zero-order valence-electron chi connectivity index (χ0n) is 24.2. The average Bonchev–Trinajstić information content (AvgIpc) is 3.64. The molecule has 0 bridgehead atoms. The molecule has 0 spiro atoms. The Hall–Kier alpha value is -5.41. The second-order valence-corrected chi connectivity index (χ2v) is 11.4. The number of hydrogen-bond donors (Lipinski definition) is 0. The smallest absolute Gasteiger partial charge is 0.149 e. The molecule has 0 atom stereocenters. The van der Waals surface area contributed by atoms with E-state index in [9.17, 15) is 0 Å². The molecule has 0 unspecified atom stereocenters. The van der Waals surface area contributed by atoms with E-state index < -0.39 is 0 Å². The predicted octanol–water partition coefficient (Wildman–Crippen LogP) is 11.0. The molecule has 0 aliphatic rings. The number of aromatic nitrogens is 2. The van der Waals surface area contributed by atoms with E-state index in [0.29, 0.717) is 5.92 Å². The number of furan rings is 1. The molecule has 2 heterocycles.